The summed E-state index contributed by atoms with van der Waals surface area (Å²) in [6, 6.07) is 9.86. The number of pyridine rings is 1. The minimum atomic E-state index is -0.418. The van der Waals surface area contributed by atoms with Crippen molar-refractivity contribution in [1.82, 2.24) is 14.9 Å². The fraction of sp³-hybridized carbons (Fsp3) is 0.286. The molecule has 1 fully saturated rings. The van der Waals surface area contributed by atoms with Crippen molar-refractivity contribution in [2.45, 2.75) is 19.4 Å². The van der Waals surface area contributed by atoms with Gasteiger partial charge in [0.2, 0.25) is 5.89 Å². The molecule has 0 aliphatic carbocycles. The minimum Gasteiger partial charge on any atom is -0.442 e. The van der Waals surface area contributed by atoms with Gasteiger partial charge in [-0.1, -0.05) is 12.1 Å². The molecule has 7 heteroatoms. The van der Waals surface area contributed by atoms with Gasteiger partial charge >= 0.3 is 0 Å². The number of benzene rings is 1. The van der Waals surface area contributed by atoms with E-state index in [2.05, 4.69) is 9.97 Å². The maximum atomic E-state index is 13.0. The van der Waals surface area contributed by atoms with Gasteiger partial charge in [0.25, 0.3) is 5.91 Å². The van der Waals surface area contributed by atoms with Gasteiger partial charge in [-0.25, -0.2) is 9.37 Å². The third-order valence-electron chi connectivity index (χ3n) is 4.65. The van der Waals surface area contributed by atoms with E-state index in [9.17, 15) is 9.18 Å². The molecule has 1 aliphatic rings. The first-order chi connectivity index (χ1) is 13.6. The molecule has 28 heavy (non-hydrogen) atoms. The Kier molecular flexibility index (Phi) is 5.16. The van der Waals surface area contributed by atoms with Crippen LogP contribution in [0.5, 0.6) is 0 Å². The standard InChI is InChI=1S/C21H20FN3O3/c1-14-2-5-16(11-23-14)21(26)25-8-9-27-19(13-25)20-24-12-18(28-20)10-15-3-6-17(22)7-4-15/h2-7,11-12,19H,8-10,13H2,1H3. The summed E-state index contributed by atoms with van der Waals surface area (Å²) < 4.78 is 24.6. The molecule has 1 unspecified atom stereocenters. The van der Waals surface area contributed by atoms with Crippen molar-refractivity contribution in [1.29, 1.82) is 0 Å². The molecule has 6 nitrogen and oxygen atoms in total. The maximum Gasteiger partial charge on any atom is 0.255 e. The first-order valence-corrected chi connectivity index (χ1v) is 9.11. The summed E-state index contributed by atoms with van der Waals surface area (Å²) in [5.41, 5.74) is 2.35. The predicted molar refractivity (Wildman–Crippen MR) is 99.3 cm³/mol. The zero-order valence-corrected chi connectivity index (χ0v) is 15.5. The quantitative estimate of drug-likeness (QED) is 0.693. The van der Waals surface area contributed by atoms with Gasteiger partial charge in [0.15, 0.2) is 6.10 Å². The molecule has 0 saturated carbocycles. The fourth-order valence-electron chi connectivity index (χ4n) is 3.12. The molecule has 0 spiro atoms. The monoisotopic (exact) mass is 381 g/mol. The van der Waals surface area contributed by atoms with Crippen molar-refractivity contribution in [2.24, 2.45) is 0 Å². The van der Waals surface area contributed by atoms with E-state index in [0.29, 0.717) is 43.3 Å². The normalized spacial score (nSPS) is 16.9. The molecule has 1 aliphatic heterocycles. The van der Waals surface area contributed by atoms with Crippen LogP contribution in [0.15, 0.2) is 53.2 Å². The van der Waals surface area contributed by atoms with E-state index in [1.54, 1.807) is 35.5 Å². The van der Waals surface area contributed by atoms with E-state index in [1.165, 1.54) is 12.1 Å². The summed E-state index contributed by atoms with van der Waals surface area (Å²) in [6.45, 7) is 3.16. The van der Waals surface area contributed by atoms with Gasteiger partial charge in [-0.05, 0) is 36.8 Å². The van der Waals surface area contributed by atoms with Crippen molar-refractivity contribution < 1.29 is 18.3 Å². The molecular formula is C21H20FN3O3. The van der Waals surface area contributed by atoms with Gasteiger partial charge in [0, 0.05) is 24.9 Å². The van der Waals surface area contributed by atoms with Gasteiger partial charge in [-0.3, -0.25) is 9.78 Å². The van der Waals surface area contributed by atoms with Gasteiger partial charge in [0.1, 0.15) is 11.6 Å². The summed E-state index contributed by atoms with van der Waals surface area (Å²) in [5, 5.41) is 0. The number of amides is 1. The van der Waals surface area contributed by atoms with Crippen LogP contribution in [0.25, 0.3) is 0 Å². The first kappa shape index (κ1) is 18.3. The topological polar surface area (TPSA) is 68.5 Å². The van der Waals surface area contributed by atoms with E-state index in [-0.39, 0.29) is 11.7 Å². The molecule has 4 rings (SSSR count). The zero-order valence-electron chi connectivity index (χ0n) is 15.5. The van der Waals surface area contributed by atoms with Crippen LogP contribution < -0.4 is 0 Å². The molecule has 1 amide bonds. The van der Waals surface area contributed by atoms with E-state index in [1.807, 2.05) is 13.0 Å². The average Bonchev–Trinajstić information content (AvgIpc) is 3.18. The van der Waals surface area contributed by atoms with Crippen molar-refractivity contribution in [3.63, 3.8) is 0 Å². The molecule has 1 aromatic carbocycles. The number of morpholine rings is 1. The number of halogens is 1. The van der Waals surface area contributed by atoms with Crippen molar-refractivity contribution in [2.75, 3.05) is 19.7 Å². The van der Waals surface area contributed by atoms with Crippen LogP contribution in [-0.4, -0.2) is 40.5 Å². The number of ether oxygens (including phenoxy) is 1. The third-order valence-corrected chi connectivity index (χ3v) is 4.65. The largest absolute Gasteiger partial charge is 0.442 e. The Hall–Kier alpha value is -3.06. The number of carbonyl (C=O) groups excluding carboxylic acids is 1. The van der Waals surface area contributed by atoms with E-state index < -0.39 is 6.10 Å². The molecule has 3 aromatic rings. The van der Waals surface area contributed by atoms with Gasteiger partial charge < -0.3 is 14.1 Å². The Morgan fingerprint density at radius 2 is 2.00 bits per heavy atom. The Balaban J connectivity index is 1.43. The molecule has 0 radical (unpaired) electrons. The number of rotatable bonds is 4. The van der Waals surface area contributed by atoms with Crippen LogP contribution in [0.2, 0.25) is 0 Å². The Bertz CT molecular complexity index is 954. The lowest BCUT2D eigenvalue weighted by Crippen LogP contribution is -2.42. The number of hydrogen-bond donors (Lipinski definition) is 0. The van der Waals surface area contributed by atoms with Crippen molar-refractivity contribution >= 4 is 5.91 Å². The molecule has 1 saturated heterocycles. The van der Waals surface area contributed by atoms with Crippen LogP contribution >= 0.6 is 0 Å². The van der Waals surface area contributed by atoms with Crippen LogP contribution in [0.4, 0.5) is 4.39 Å². The third kappa shape index (κ3) is 4.09. The lowest BCUT2D eigenvalue weighted by molar-refractivity contribution is -0.0349. The molecule has 144 valence electrons. The molecule has 3 heterocycles. The predicted octanol–water partition coefficient (Wildman–Crippen LogP) is 3.32. The molecule has 0 N–H and O–H groups in total. The smallest absolute Gasteiger partial charge is 0.255 e. The Morgan fingerprint density at radius 3 is 2.75 bits per heavy atom. The first-order valence-electron chi connectivity index (χ1n) is 9.11. The van der Waals surface area contributed by atoms with E-state index >= 15 is 0 Å². The Labute approximate surface area is 162 Å². The van der Waals surface area contributed by atoms with Gasteiger partial charge in [-0.15, -0.1) is 0 Å². The van der Waals surface area contributed by atoms with Crippen molar-refractivity contribution in [3.05, 3.63) is 83.1 Å². The SMILES string of the molecule is Cc1ccc(C(=O)N2CCOC(c3ncc(Cc4ccc(F)cc4)o3)C2)cn1. The highest BCUT2D eigenvalue weighted by Gasteiger charge is 2.29. The van der Waals surface area contributed by atoms with Crippen LogP contribution in [0.3, 0.4) is 0 Å². The summed E-state index contributed by atoms with van der Waals surface area (Å²) in [5.74, 6) is 0.748. The van der Waals surface area contributed by atoms with Crippen LogP contribution in [0, 0.1) is 12.7 Å². The highest BCUT2D eigenvalue weighted by Crippen LogP contribution is 2.24. The second-order valence-corrected chi connectivity index (χ2v) is 6.77. The minimum absolute atomic E-state index is 0.0844. The number of nitrogens with zero attached hydrogens (tertiary/aromatic N) is 3. The van der Waals surface area contributed by atoms with Crippen LogP contribution in [-0.2, 0) is 11.2 Å². The fourth-order valence-corrected chi connectivity index (χ4v) is 3.12. The lowest BCUT2D eigenvalue weighted by Gasteiger charge is -2.31. The molecule has 0 bridgehead atoms. The molecular weight excluding hydrogens is 361 g/mol. The molecule has 2 aromatic heterocycles. The second kappa shape index (κ2) is 7.90. The summed E-state index contributed by atoms with van der Waals surface area (Å²) in [7, 11) is 0. The summed E-state index contributed by atoms with van der Waals surface area (Å²) in [6.07, 6.45) is 3.33. The number of carbonyl (C=O) groups is 1. The van der Waals surface area contributed by atoms with E-state index in [4.69, 9.17) is 9.15 Å². The number of hydrogen-bond acceptors (Lipinski definition) is 5. The molecule has 1 atom stereocenters. The highest BCUT2D eigenvalue weighted by atomic mass is 19.1. The summed E-state index contributed by atoms with van der Waals surface area (Å²) in [4.78, 5) is 22.9. The number of oxazole rings is 1. The summed E-state index contributed by atoms with van der Waals surface area (Å²) >= 11 is 0. The van der Waals surface area contributed by atoms with Gasteiger partial charge in [-0.2, -0.15) is 0 Å². The number of aryl methyl sites for hydroxylation is 1. The average molecular weight is 381 g/mol. The zero-order chi connectivity index (χ0) is 19.5. The van der Waals surface area contributed by atoms with Gasteiger partial charge in [0.05, 0.1) is 24.9 Å². The van der Waals surface area contributed by atoms with Crippen LogP contribution in [0.1, 0.15) is 39.4 Å². The van der Waals surface area contributed by atoms with Crippen molar-refractivity contribution in [3.8, 4) is 0 Å². The second-order valence-electron chi connectivity index (χ2n) is 6.77. The Morgan fingerprint density at radius 1 is 1.18 bits per heavy atom. The lowest BCUT2D eigenvalue weighted by atomic mass is 10.1. The van der Waals surface area contributed by atoms with E-state index in [0.717, 1.165) is 11.3 Å². The maximum absolute atomic E-state index is 13.0. The highest BCUT2D eigenvalue weighted by molar-refractivity contribution is 5.94. The number of aromatic nitrogens is 2.